The van der Waals surface area contributed by atoms with Crippen molar-refractivity contribution in [1.29, 1.82) is 0 Å². The van der Waals surface area contributed by atoms with Crippen molar-refractivity contribution in [2.45, 2.75) is 0 Å². The molecule has 5 aromatic rings. The van der Waals surface area contributed by atoms with E-state index in [1.807, 2.05) is 48.5 Å². The van der Waals surface area contributed by atoms with Crippen molar-refractivity contribution >= 4 is 34.0 Å². The Morgan fingerprint density at radius 2 is 0.941 bits per heavy atom. The van der Waals surface area contributed by atoms with Crippen LogP contribution in [-0.4, -0.2) is 24.2 Å². The summed E-state index contributed by atoms with van der Waals surface area (Å²) in [6, 6.07) is 28.5. The Kier molecular flexibility index (Phi) is 4.77. The summed E-state index contributed by atoms with van der Waals surface area (Å²) in [6.07, 6.45) is 0. The van der Waals surface area contributed by atoms with Gasteiger partial charge < -0.3 is 20.1 Å². The number of nitrogens with zero attached hydrogens (tertiary/aromatic N) is 2. The minimum absolute atomic E-state index is 0.633. The fourth-order valence-corrected chi connectivity index (χ4v) is 4.40. The molecule has 0 unspecified atom stereocenters. The predicted octanol–water partition coefficient (Wildman–Crippen LogP) is 6.78. The van der Waals surface area contributed by atoms with Gasteiger partial charge in [-0.2, -0.15) is 0 Å². The van der Waals surface area contributed by atoms with Crippen molar-refractivity contribution in [2.75, 3.05) is 24.9 Å². The van der Waals surface area contributed by atoms with Crippen LogP contribution < -0.4 is 20.1 Å². The molecule has 2 heterocycles. The van der Waals surface area contributed by atoms with Crippen LogP contribution in [-0.2, 0) is 0 Å². The number of benzene rings is 4. The van der Waals surface area contributed by atoms with Gasteiger partial charge in [0.25, 0.3) is 0 Å². The number of rotatable bonds is 4. The second-order valence-electron chi connectivity index (χ2n) is 7.98. The number of aromatic nitrogens is 2. The molecule has 1 aliphatic heterocycles. The van der Waals surface area contributed by atoms with Crippen LogP contribution in [0, 0.1) is 0 Å². The average molecular weight is 447 g/mol. The smallest absolute Gasteiger partial charge is 0.174 e. The molecule has 0 fully saturated rings. The van der Waals surface area contributed by atoms with Gasteiger partial charge in [0.05, 0.1) is 25.3 Å². The quantitative estimate of drug-likeness (QED) is 0.311. The van der Waals surface area contributed by atoms with Crippen LogP contribution in [0.4, 0.5) is 23.0 Å². The minimum atomic E-state index is 0.633. The van der Waals surface area contributed by atoms with Gasteiger partial charge in [-0.1, -0.05) is 72.8 Å². The van der Waals surface area contributed by atoms with Gasteiger partial charge in [0.1, 0.15) is 22.9 Å². The van der Waals surface area contributed by atoms with Crippen LogP contribution in [0.3, 0.4) is 0 Å². The first-order chi connectivity index (χ1) is 16.8. The van der Waals surface area contributed by atoms with Crippen LogP contribution in [0.1, 0.15) is 0 Å². The third-order valence-electron chi connectivity index (χ3n) is 6.05. The lowest BCUT2D eigenvalue weighted by atomic mass is 9.97. The maximum Gasteiger partial charge on any atom is 0.174 e. The van der Waals surface area contributed by atoms with E-state index in [0.717, 1.165) is 44.7 Å². The molecule has 0 amide bonds. The van der Waals surface area contributed by atoms with E-state index in [2.05, 4.69) is 47.0 Å². The van der Waals surface area contributed by atoms with Crippen molar-refractivity contribution in [3.05, 3.63) is 84.9 Å². The van der Waals surface area contributed by atoms with E-state index in [-0.39, 0.29) is 0 Å². The third kappa shape index (κ3) is 3.19. The normalized spacial score (nSPS) is 11.7. The number of hydrogen-bond donors (Lipinski definition) is 2. The number of ether oxygens (including phenoxy) is 2. The third-order valence-corrected chi connectivity index (χ3v) is 6.05. The molecule has 0 atom stereocenters. The Balaban J connectivity index is 1.61. The zero-order chi connectivity index (χ0) is 23.1. The molecule has 6 rings (SSSR count). The van der Waals surface area contributed by atoms with E-state index < -0.39 is 0 Å². The van der Waals surface area contributed by atoms with Crippen LogP contribution >= 0.6 is 0 Å². The molecule has 1 aliphatic rings. The fourth-order valence-electron chi connectivity index (χ4n) is 4.40. The Bertz CT molecular complexity index is 1400. The lowest BCUT2D eigenvalue weighted by molar-refractivity contribution is 0.406. The lowest BCUT2D eigenvalue weighted by Crippen LogP contribution is -2.12. The van der Waals surface area contributed by atoms with Crippen molar-refractivity contribution < 1.29 is 9.47 Å². The Hall–Kier alpha value is -4.58. The Morgan fingerprint density at radius 3 is 1.32 bits per heavy atom. The van der Waals surface area contributed by atoms with E-state index in [1.165, 1.54) is 0 Å². The van der Waals surface area contributed by atoms with Gasteiger partial charge in [-0.3, -0.25) is 0 Å². The number of methoxy groups -OCH3 is 2. The summed E-state index contributed by atoms with van der Waals surface area (Å²) < 4.78 is 11.2. The van der Waals surface area contributed by atoms with Crippen LogP contribution in [0.15, 0.2) is 84.9 Å². The molecular formula is C28H22N4O2. The van der Waals surface area contributed by atoms with E-state index in [9.17, 15) is 0 Å². The van der Waals surface area contributed by atoms with Gasteiger partial charge in [0.15, 0.2) is 11.6 Å². The predicted molar refractivity (Wildman–Crippen MR) is 137 cm³/mol. The average Bonchev–Trinajstić information content (AvgIpc) is 2.90. The molecule has 1 aromatic heterocycles. The van der Waals surface area contributed by atoms with Gasteiger partial charge in [0.2, 0.25) is 0 Å². The Labute approximate surface area is 197 Å². The van der Waals surface area contributed by atoms with Crippen LogP contribution in [0.5, 0.6) is 11.5 Å². The first-order valence-corrected chi connectivity index (χ1v) is 11.0. The van der Waals surface area contributed by atoms with E-state index >= 15 is 0 Å². The summed E-state index contributed by atoms with van der Waals surface area (Å²) in [5, 5.41) is 6.85. The lowest BCUT2D eigenvalue weighted by Gasteiger charge is -2.25. The molecule has 0 spiro atoms. The highest BCUT2D eigenvalue weighted by Crippen LogP contribution is 2.48. The van der Waals surface area contributed by atoms with Gasteiger partial charge in [0, 0.05) is 11.1 Å². The first kappa shape index (κ1) is 20.1. The largest absolute Gasteiger partial charge is 0.494 e. The fraction of sp³-hybridized carbons (Fsp3) is 0.0714. The van der Waals surface area contributed by atoms with E-state index in [1.54, 1.807) is 14.2 Å². The number of nitrogens with one attached hydrogen (secondary N) is 2. The molecule has 0 saturated heterocycles. The summed E-state index contributed by atoms with van der Waals surface area (Å²) in [4.78, 5) is 10.2. The summed E-state index contributed by atoms with van der Waals surface area (Å²) in [5.41, 5.74) is 7.41. The maximum absolute atomic E-state index is 5.58. The van der Waals surface area contributed by atoms with E-state index in [4.69, 9.17) is 19.4 Å². The second kappa shape index (κ2) is 8.08. The van der Waals surface area contributed by atoms with Crippen molar-refractivity contribution in [1.82, 2.24) is 9.97 Å². The maximum atomic E-state index is 5.58. The molecule has 6 nitrogen and oxygen atoms in total. The molecule has 6 heteroatoms. The molecule has 0 aliphatic carbocycles. The molecule has 0 saturated carbocycles. The highest BCUT2D eigenvalue weighted by atomic mass is 16.5. The zero-order valence-electron chi connectivity index (χ0n) is 18.8. The molecule has 166 valence electrons. The molecule has 0 radical (unpaired) electrons. The summed E-state index contributed by atoms with van der Waals surface area (Å²) in [6.45, 7) is 0. The van der Waals surface area contributed by atoms with E-state index in [0.29, 0.717) is 23.1 Å². The molecule has 4 aromatic carbocycles. The Morgan fingerprint density at radius 1 is 0.529 bits per heavy atom. The van der Waals surface area contributed by atoms with Crippen LogP contribution in [0.2, 0.25) is 0 Å². The van der Waals surface area contributed by atoms with Gasteiger partial charge in [-0.25, -0.2) is 9.97 Å². The highest BCUT2D eigenvalue weighted by molar-refractivity contribution is 6.04. The van der Waals surface area contributed by atoms with Gasteiger partial charge >= 0.3 is 0 Å². The van der Waals surface area contributed by atoms with Crippen LogP contribution in [0.25, 0.3) is 33.3 Å². The molecular weight excluding hydrogens is 424 g/mol. The number of anilines is 4. The molecule has 0 bridgehead atoms. The topological polar surface area (TPSA) is 68.3 Å². The van der Waals surface area contributed by atoms with Gasteiger partial charge in [-0.15, -0.1) is 0 Å². The van der Waals surface area contributed by atoms with Crippen molar-refractivity contribution in [3.8, 4) is 33.8 Å². The first-order valence-electron chi connectivity index (χ1n) is 11.0. The monoisotopic (exact) mass is 446 g/mol. The van der Waals surface area contributed by atoms with Crippen molar-refractivity contribution in [2.24, 2.45) is 0 Å². The SMILES string of the molecule is COc1ccc(OC)c2c1Nc1nc3c(-c4ccccc4)ccc(-c4ccccc4)c3nc1N2. The number of fused-ring (bicyclic) bond motifs is 3. The summed E-state index contributed by atoms with van der Waals surface area (Å²) >= 11 is 0. The molecule has 34 heavy (non-hydrogen) atoms. The highest BCUT2D eigenvalue weighted by Gasteiger charge is 2.25. The molecule has 2 N–H and O–H groups in total. The summed E-state index contributed by atoms with van der Waals surface area (Å²) in [7, 11) is 3.29. The summed E-state index contributed by atoms with van der Waals surface area (Å²) in [5.74, 6) is 2.65. The van der Waals surface area contributed by atoms with Crippen molar-refractivity contribution in [3.63, 3.8) is 0 Å². The number of hydrogen-bond acceptors (Lipinski definition) is 6. The second-order valence-corrected chi connectivity index (χ2v) is 7.98. The van der Waals surface area contributed by atoms with Gasteiger partial charge in [-0.05, 0) is 23.3 Å². The standard InChI is InChI=1S/C28H22N4O2/c1-33-21-15-16-22(34-2)26-25(21)31-27-28(32-26)30-24-20(18-11-7-4-8-12-18)14-13-19(23(24)29-27)17-9-5-3-6-10-17/h3-16H,1-2H3,(H,29,31)(H,30,32). The minimum Gasteiger partial charge on any atom is -0.494 e. The zero-order valence-corrected chi connectivity index (χ0v) is 18.8.